The van der Waals surface area contributed by atoms with Gasteiger partial charge in [-0.05, 0) is 138 Å². The Kier molecular flexibility index (Phi) is 18.6. The normalized spacial score (nSPS) is 11.1. The molecule has 2 N–H and O–H groups in total. The molecule has 11 heteroatoms. The highest BCUT2D eigenvalue weighted by Gasteiger charge is 2.19. The lowest BCUT2D eigenvalue weighted by Crippen LogP contribution is -2.30. The SMILES string of the molecule is CC(C)(C)c1ccnc(Br)c1.COc1ccccc1-c1cc(C(C)(C)C)cc(I)n1.COc1ccccc1-c1cc(C(C)(C)C)ccn1.COc1ccccc1B(O)O. The number of halogens is 2. The lowest BCUT2D eigenvalue weighted by molar-refractivity contribution is 0.403. The summed E-state index contributed by atoms with van der Waals surface area (Å²) in [6.45, 7) is 19.8. The van der Waals surface area contributed by atoms with Crippen LogP contribution in [-0.4, -0.2) is 53.4 Å². The summed E-state index contributed by atoms with van der Waals surface area (Å²) in [7, 11) is 3.40. The fourth-order valence-electron chi connectivity index (χ4n) is 5.57. The maximum atomic E-state index is 8.81. The number of pyridine rings is 3. The Morgan fingerprint density at radius 3 is 1.39 bits per heavy atom. The molecule has 0 saturated carbocycles. The topological polar surface area (TPSA) is 107 Å². The van der Waals surface area contributed by atoms with Crippen molar-refractivity contribution < 1.29 is 24.3 Å². The Hall–Kier alpha value is -4.30. The van der Waals surface area contributed by atoms with Crippen LogP contribution in [0.15, 0.2) is 126 Å². The van der Waals surface area contributed by atoms with Crippen molar-refractivity contribution in [2.75, 3.05) is 21.3 Å². The van der Waals surface area contributed by atoms with Crippen LogP contribution in [0.3, 0.4) is 0 Å². The molecular formula is C48H58BBrIN3O5. The number of rotatable bonds is 6. The molecule has 0 aliphatic heterocycles. The Labute approximate surface area is 374 Å². The van der Waals surface area contributed by atoms with Crippen molar-refractivity contribution in [2.24, 2.45) is 0 Å². The van der Waals surface area contributed by atoms with Gasteiger partial charge in [-0.2, -0.15) is 0 Å². The van der Waals surface area contributed by atoms with E-state index in [2.05, 4.69) is 146 Å². The third-order valence-electron chi connectivity index (χ3n) is 9.06. The van der Waals surface area contributed by atoms with Gasteiger partial charge in [0.05, 0.1) is 32.7 Å². The summed E-state index contributed by atoms with van der Waals surface area (Å²) in [5.41, 5.74) is 8.69. The number of para-hydroxylation sites is 3. The molecule has 0 saturated heterocycles. The molecule has 3 aromatic heterocycles. The molecule has 3 heterocycles. The molecule has 59 heavy (non-hydrogen) atoms. The highest BCUT2D eigenvalue weighted by molar-refractivity contribution is 14.1. The molecular weight excluding hydrogens is 916 g/mol. The summed E-state index contributed by atoms with van der Waals surface area (Å²) in [6, 6.07) is 35.3. The maximum Gasteiger partial charge on any atom is 0.492 e. The molecule has 8 nitrogen and oxygen atoms in total. The highest BCUT2D eigenvalue weighted by atomic mass is 127. The van der Waals surface area contributed by atoms with Crippen LogP contribution >= 0.6 is 38.5 Å². The van der Waals surface area contributed by atoms with Crippen molar-refractivity contribution >= 4 is 51.1 Å². The molecule has 0 atom stereocenters. The van der Waals surface area contributed by atoms with Gasteiger partial charge in [0.15, 0.2) is 0 Å². The summed E-state index contributed by atoms with van der Waals surface area (Å²) in [5, 5.41) is 17.6. The van der Waals surface area contributed by atoms with Crippen molar-refractivity contribution in [1.29, 1.82) is 0 Å². The average molecular weight is 975 g/mol. The first-order valence-electron chi connectivity index (χ1n) is 19.2. The van der Waals surface area contributed by atoms with E-state index >= 15 is 0 Å². The Bertz CT molecular complexity index is 2230. The summed E-state index contributed by atoms with van der Waals surface area (Å²) in [6.07, 6.45) is 3.69. The molecule has 0 amide bonds. The van der Waals surface area contributed by atoms with E-state index in [1.165, 1.54) is 23.8 Å². The van der Waals surface area contributed by atoms with Crippen LogP contribution in [0.25, 0.3) is 22.5 Å². The van der Waals surface area contributed by atoms with Gasteiger partial charge in [0, 0.05) is 29.0 Å². The molecule has 3 aromatic carbocycles. The van der Waals surface area contributed by atoms with Gasteiger partial charge in [-0.15, -0.1) is 0 Å². The molecule has 0 unspecified atom stereocenters. The third-order valence-corrected chi connectivity index (χ3v) is 10.0. The first kappa shape index (κ1) is 49.1. The number of aromatic nitrogens is 3. The first-order valence-corrected chi connectivity index (χ1v) is 21.1. The van der Waals surface area contributed by atoms with Crippen LogP contribution in [0.5, 0.6) is 17.2 Å². The fraction of sp³-hybridized carbons (Fsp3) is 0.312. The van der Waals surface area contributed by atoms with Gasteiger partial charge in [-0.25, -0.2) is 9.97 Å². The van der Waals surface area contributed by atoms with Crippen molar-refractivity contribution in [3.63, 3.8) is 0 Å². The summed E-state index contributed by atoms with van der Waals surface area (Å²) < 4.78 is 17.6. The van der Waals surface area contributed by atoms with Gasteiger partial charge in [0.2, 0.25) is 0 Å². The molecule has 0 spiro atoms. The smallest absolute Gasteiger partial charge is 0.492 e. The van der Waals surface area contributed by atoms with Crippen LogP contribution in [0.2, 0.25) is 0 Å². The van der Waals surface area contributed by atoms with Crippen LogP contribution in [-0.2, 0) is 16.2 Å². The predicted octanol–water partition coefficient (Wildman–Crippen LogP) is 11.2. The molecule has 0 aliphatic carbocycles. The van der Waals surface area contributed by atoms with Crippen LogP contribution in [0, 0.1) is 3.70 Å². The second-order valence-corrected chi connectivity index (χ2v) is 18.5. The van der Waals surface area contributed by atoms with E-state index in [1.807, 2.05) is 67.0 Å². The molecule has 0 bridgehead atoms. The Morgan fingerprint density at radius 1 is 0.525 bits per heavy atom. The van der Waals surface area contributed by atoms with Crippen LogP contribution in [0.1, 0.15) is 79.0 Å². The maximum absolute atomic E-state index is 8.81. The number of ether oxygens (including phenoxy) is 3. The van der Waals surface area contributed by atoms with Crippen molar-refractivity contribution in [3.8, 4) is 39.8 Å². The molecule has 0 fully saturated rings. The van der Waals surface area contributed by atoms with Crippen LogP contribution < -0.4 is 19.7 Å². The zero-order valence-electron chi connectivity index (χ0n) is 36.3. The number of hydrogen-bond donors (Lipinski definition) is 2. The lowest BCUT2D eigenvalue weighted by Gasteiger charge is -2.20. The van der Waals surface area contributed by atoms with Crippen molar-refractivity contribution in [3.05, 3.63) is 147 Å². The van der Waals surface area contributed by atoms with E-state index < -0.39 is 7.12 Å². The minimum absolute atomic E-state index is 0.111. The number of nitrogens with zero attached hydrogens (tertiary/aromatic N) is 3. The molecule has 0 radical (unpaired) electrons. The molecule has 6 aromatic rings. The van der Waals surface area contributed by atoms with Gasteiger partial charge in [0.1, 0.15) is 25.6 Å². The Morgan fingerprint density at radius 2 is 0.949 bits per heavy atom. The standard InChI is InChI=1S/C16H18INO.C16H19NO.C9H12BrN.C7H9BO3/c1-16(2,3)11-9-13(18-15(17)10-11)12-7-5-6-8-14(12)19-4;1-16(2,3)12-9-10-17-14(11-12)13-7-5-6-8-15(13)18-4;1-9(2,3)7-4-5-11-8(10)6-7;1-11-7-5-3-2-4-6(7)8(9)10/h5-10H,1-4H3;5-11H,1-4H3;4-6H,1-3H3;2-5,9-10H,1H3. The molecule has 6 rings (SSSR count). The summed E-state index contributed by atoms with van der Waals surface area (Å²) in [5.74, 6) is 2.20. The third kappa shape index (κ3) is 15.4. The van der Waals surface area contributed by atoms with E-state index in [1.54, 1.807) is 38.5 Å². The van der Waals surface area contributed by atoms with Crippen molar-refractivity contribution in [2.45, 2.75) is 78.6 Å². The second-order valence-electron chi connectivity index (χ2n) is 16.6. The van der Waals surface area contributed by atoms with Gasteiger partial charge >= 0.3 is 7.12 Å². The first-order chi connectivity index (χ1) is 27.7. The minimum atomic E-state index is -1.47. The summed E-state index contributed by atoms with van der Waals surface area (Å²) in [4.78, 5) is 13.2. The monoisotopic (exact) mass is 973 g/mol. The zero-order chi connectivity index (χ0) is 44.0. The zero-order valence-corrected chi connectivity index (χ0v) is 40.1. The molecule has 0 aliphatic rings. The number of hydrogen-bond acceptors (Lipinski definition) is 8. The molecule has 312 valence electrons. The number of benzene rings is 3. The average Bonchev–Trinajstić information content (AvgIpc) is 3.20. The van der Waals surface area contributed by atoms with Gasteiger partial charge in [0.25, 0.3) is 0 Å². The Balaban J connectivity index is 0.000000217. The van der Waals surface area contributed by atoms with E-state index in [0.717, 1.165) is 42.3 Å². The largest absolute Gasteiger partial charge is 0.497 e. The van der Waals surface area contributed by atoms with Gasteiger partial charge in [-0.3, -0.25) is 4.98 Å². The van der Waals surface area contributed by atoms with Crippen LogP contribution in [0.4, 0.5) is 0 Å². The lowest BCUT2D eigenvalue weighted by atomic mass is 9.80. The van der Waals surface area contributed by atoms with E-state index in [4.69, 9.17) is 24.3 Å². The highest BCUT2D eigenvalue weighted by Crippen LogP contribution is 2.33. The summed E-state index contributed by atoms with van der Waals surface area (Å²) >= 11 is 5.61. The quantitative estimate of drug-likeness (QED) is 0.0966. The van der Waals surface area contributed by atoms with E-state index in [9.17, 15) is 0 Å². The van der Waals surface area contributed by atoms with E-state index in [0.29, 0.717) is 11.2 Å². The predicted molar refractivity (Wildman–Crippen MR) is 256 cm³/mol. The second kappa shape index (κ2) is 22.3. The van der Waals surface area contributed by atoms with Gasteiger partial charge < -0.3 is 24.3 Å². The van der Waals surface area contributed by atoms with E-state index in [-0.39, 0.29) is 16.2 Å². The van der Waals surface area contributed by atoms with Gasteiger partial charge in [-0.1, -0.05) is 105 Å². The minimum Gasteiger partial charge on any atom is -0.497 e. The fourth-order valence-corrected chi connectivity index (χ4v) is 6.53. The number of methoxy groups -OCH3 is 3. The van der Waals surface area contributed by atoms with Crippen molar-refractivity contribution in [1.82, 2.24) is 15.0 Å².